The third kappa shape index (κ3) is 5.95. The maximum Gasteiger partial charge on any atom is 0.267 e. The van der Waals surface area contributed by atoms with E-state index in [2.05, 4.69) is 17.4 Å². The fourth-order valence-electron chi connectivity index (χ4n) is 4.12. The first-order valence-corrected chi connectivity index (χ1v) is 10.6. The van der Waals surface area contributed by atoms with Gasteiger partial charge in [-0.15, -0.1) is 0 Å². The first-order valence-electron chi connectivity index (χ1n) is 10.6. The first kappa shape index (κ1) is 19.7. The Kier molecular flexibility index (Phi) is 7.49. The molecular weight excluding hydrogens is 334 g/mol. The van der Waals surface area contributed by atoms with Gasteiger partial charge < -0.3 is 11.1 Å². The van der Waals surface area contributed by atoms with Gasteiger partial charge in [-0.2, -0.15) is 0 Å². The maximum absolute atomic E-state index is 12.8. The molecule has 1 aromatic carbocycles. The molecule has 0 aliphatic heterocycles. The zero-order valence-corrected chi connectivity index (χ0v) is 16.4. The lowest BCUT2D eigenvalue weighted by Gasteiger charge is -2.23. The Morgan fingerprint density at radius 3 is 2.37 bits per heavy atom. The van der Waals surface area contributed by atoms with Crippen molar-refractivity contribution >= 4 is 11.6 Å². The van der Waals surface area contributed by atoms with E-state index < -0.39 is 0 Å². The second-order valence-electron chi connectivity index (χ2n) is 7.86. The average Bonchev–Trinajstić information content (AvgIpc) is 2.68. The van der Waals surface area contributed by atoms with Crippen molar-refractivity contribution in [1.29, 1.82) is 0 Å². The van der Waals surface area contributed by atoms with Crippen molar-refractivity contribution in [3.05, 3.63) is 47.2 Å². The summed E-state index contributed by atoms with van der Waals surface area (Å²) in [5.41, 5.74) is 9.90. The molecule has 4 nitrogen and oxygen atoms in total. The van der Waals surface area contributed by atoms with Crippen LogP contribution in [0.1, 0.15) is 76.2 Å². The number of allylic oxidation sites excluding steroid dienone is 1. The van der Waals surface area contributed by atoms with E-state index >= 15 is 0 Å². The number of benzene rings is 1. The van der Waals surface area contributed by atoms with E-state index in [1.165, 1.54) is 37.7 Å². The smallest absolute Gasteiger partial charge is 0.267 e. The molecule has 2 aliphatic rings. The van der Waals surface area contributed by atoms with Gasteiger partial charge in [-0.05, 0) is 44.1 Å². The molecule has 2 saturated carbocycles. The minimum absolute atomic E-state index is 0.0927. The SMILES string of the molecule is NC(C(=O)NC1CCCCCCC1)=C1CCCCC1=NCc1ccccc1. The van der Waals surface area contributed by atoms with E-state index in [9.17, 15) is 4.79 Å². The number of nitrogens with two attached hydrogens (primary N) is 1. The lowest BCUT2D eigenvalue weighted by atomic mass is 9.90. The Labute approximate surface area is 163 Å². The topological polar surface area (TPSA) is 67.5 Å². The average molecular weight is 368 g/mol. The van der Waals surface area contributed by atoms with Crippen LogP contribution in [0, 0.1) is 0 Å². The summed E-state index contributed by atoms with van der Waals surface area (Å²) < 4.78 is 0. The van der Waals surface area contributed by atoms with E-state index in [0.717, 1.165) is 49.8 Å². The van der Waals surface area contributed by atoms with Crippen LogP contribution in [0.5, 0.6) is 0 Å². The molecule has 3 N–H and O–H groups in total. The zero-order valence-electron chi connectivity index (χ0n) is 16.4. The molecule has 0 unspecified atom stereocenters. The third-order valence-electron chi connectivity index (χ3n) is 5.74. The maximum atomic E-state index is 12.8. The number of amides is 1. The van der Waals surface area contributed by atoms with Gasteiger partial charge in [-0.25, -0.2) is 0 Å². The van der Waals surface area contributed by atoms with Gasteiger partial charge in [-0.1, -0.05) is 62.4 Å². The number of aliphatic imine (C=N–C) groups is 1. The molecule has 1 amide bonds. The number of rotatable bonds is 4. The number of carbonyl (C=O) groups excluding carboxylic acids is 1. The highest BCUT2D eigenvalue weighted by atomic mass is 16.2. The van der Waals surface area contributed by atoms with Crippen LogP contribution >= 0.6 is 0 Å². The van der Waals surface area contributed by atoms with Gasteiger partial charge in [0.2, 0.25) is 0 Å². The second-order valence-corrected chi connectivity index (χ2v) is 7.86. The lowest BCUT2D eigenvalue weighted by molar-refractivity contribution is -0.118. The van der Waals surface area contributed by atoms with Gasteiger partial charge in [-0.3, -0.25) is 9.79 Å². The van der Waals surface area contributed by atoms with Crippen LogP contribution in [0.3, 0.4) is 0 Å². The van der Waals surface area contributed by atoms with Gasteiger partial charge in [0.15, 0.2) is 0 Å². The van der Waals surface area contributed by atoms with Crippen molar-refractivity contribution in [3.63, 3.8) is 0 Å². The Morgan fingerprint density at radius 1 is 0.963 bits per heavy atom. The zero-order chi connectivity index (χ0) is 18.9. The minimum Gasteiger partial charge on any atom is -0.394 e. The monoisotopic (exact) mass is 367 g/mol. The summed E-state index contributed by atoms with van der Waals surface area (Å²) in [4.78, 5) is 17.6. The highest BCUT2D eigenvalue weighted by Crippen LogP contribution is 2.24. The van der Waals surface area contributed by atoms with Gasteiger partial charge in [0, 0.05) is 17.3 Å². The van der Waals surface area contributed by atoms with Crippen LogP contribution in [-0.4, -0.2) is 17.7 Å². The number of nitrogens with one attached hydrogen (secondary N) is 1. The minimum atomic E-state index is -0.0927. The molecule has 2 fully saturated rings. The molecule has 0 heterocycles. The van der Waals surface area contributed by atoms with Gasteiger partial charge >= 0.3 is 0 Å². The van der Waals surface area contributed by atoms with Crippen molar-refractivity contribution in [2.45, 2.75) is 83.2 Å². The highest BCUT2D eigenvalue weighted by Gasteiger charge is 2.22. The van der Waals surface area contributed by atoms with Crippen molar-refractivity contribution < 1.29 is 4.79 Å². The summed E-state index contributed by atoms with van der Waals surface area (Å²) in [6.07, 6.45) is 12.4. The van der Waals surface area contributed by atoms with Crippen molar-refractivity contribution in [2.24, 2.45) is 10.7 Å². The molecule has 146 valence electrons. The van der Waals surface area contributed by atoms with E-state index in [1.807, 2.05) is 18.2 Å². The highest BCUT2D eigenvalue weighted by molar-refractivity contribution is 6.08. The molecule has 27 heavy (non-hydrogen) atoms. The quantitative estimate of drug-likeness (QED) is 0.761. The van der Waals surface area contributed by atoms with Crippen LogP contribution in [0.15, 0.2) is 46.6 Å². The molecule has 0 saturated heterocycles. The number of nitrogens with zero attached hydrogens (tertiary/aromatic N) is 1. The molecule has 1 aromatic rings. The molecule has 4 heteroatoms. The van der Waals surface area contributed by atoms with Gasteiger partial charge in [0.25, 0.3) is 5.91 Å². The van der Waals surface area contributed by atoms with Crippen LogP contribution in [0.2, 0.25) is 0 Å². The van der Waals surface area contributed by atoms with Crippen LogP contribution in [0.4, 0.5) is 0 Å². The normalized spacial score (nSPS) is 22.7. The molecule has 0 aromatic heterocycles. The fraction of sp³-hybridized carbons (Fsp3) is 0.565. The van der Waals surface area contributed by atoms with Crippen molar-refractivity contribution in [3.8, 4) is 0 Å². The molecule has 2 aliphatic carbocycles. The van der Waals surface area contributed by atoms with Crippen molar-refractivity contribution in [1.82, 2.24) is 5.32 Å². The summed E-state index contributed by atoms with van der Waals surface area (Å²) >= 11 is 0. The third-order valence-corrected chi connectivity index (χ3v) is 5.74. The predicted octanol–water partition coefficient (Wildman–Crippen LogP) is 4.64. The van der Waals surface area contributed by atoms with Crippen molar-refractivity contribution in [2.75, 3.05) is 0 Å². The molecule has 0 atom stereocenters. The standard InChI is InChI=1S/C23H33N3O/c24-22(23(27)26-19-13-7-2-1-3-8-14-19)20-15-9-10-16-21(20)25-17-18-11-5-4-6-12-18/h4-6,11-12,19H,1-3,7-10,13-17,24H2,(H,26,27). The Hall–Kier alpha value is -2.10. The van der Waals surface area contributed by atoms with E-state index in [1.54, 1.807) is 0 Å². The molecule has 0 radical (unpaired) electrons. The number of hydrogen-bond donors (Lipinski definition) is 2. The molecular formula is C23H33N3O. The Morgan fingerprint density at radius 2 is 1.63 bits per heavy atom. The molecule has 0 spiro atoms. The van der Waals surface area contributed by atoms with E-state index in [4.69, 9.17) is 10.7 Å². The van der Waals surface area contributed by atoms with Gasteiger partial charge in [0.05, 0.1) is 6.54 Å². The van der Waals surface area contributed by atoms with Crippen LogP contribution in [0.25, 0.3) is 0 Å². The Balaban J connectivity index is 1.68. The van der Waals surface area contributed by atoms with E-state index in [-0.39, 0.29) is 11.9 Å². The fourth-order valence-corrected chi connectivity index (χ4v) is 4.12. The summed E-state index contributed by atoms with van der Waals surface area (Å²) in [6.45, 7) is 0.650. The molecule has 0 bridgehead atoms. The first-order chi connectivity index (χ1) is 13.2. The lowest BCUT2D eigenvalue weighted by Crippen LogP contribution is -2.39. The number of carbonyl (C=O) groups is 1. The number of hydrogen-bond acceptors (Lipinski definition) is 3. The van der Waals surface area contributed by atoms with Gasteiger partial charge in [0.1, 0.15) is 5.70 Å². The molecule has 3 rings (SSSR count). The van der Waals surface area contributed by atoms with E-state index in [0.29, 0.717) is 12.2 Å². The summed E-state index contributed by atoms with van der Waals surface area (Å²) in [5, 5.41) is 3.20. The van der Waals surface area contributed by atoms with Crippen LogP contribution in [-0.2, 0) is 11.3 Å². The summed E-state index contributed by atoms with van der Waals surface area (Å²) in [5.74, 6) is -0.0927. The summed E-state index contributed by atoms with van der Waals surface area (Å²) in [7, 11) is 0. The largest absolute Gasteiger partial charge is 0.394 e. The van der Waals surface area contributed by atoms with Crippen LogP contribution < -0.4 is 11.1 Å². The second kappa shape index (κ2) is 10.3. The predicted molar refractivity (Wildman–Crippen MR) is 112 cm³/mol. The Bertz CT molecular complexity index is 670. The summed E-state index contributed by atoms with van der Waals surface area (Å²) in [6, 6.07) is 10.5.